The van der Waals surface area contributed by atoms with Crippen LogP contribution < -0.4 is 10.6 Å². The van der Waals surface area contributed by atoms with Gasteiger partial charge in [-0.3, -0.25) is 0 Å². The van der Waals surface area contributed by atoms with Crippen molar-refractivity contribution in [2.45, 2.75) is 39.3 Å². The number of hydrogen-bond acceptors (Lipinski definition) is 3. The van der Waals surface area contributed by atoms with Crippen LogP contribution in [0.2, 0.25) is 0 Å². The van der Waals surface area contributed by atoms with Crippen LogP contribution in [0.3, 0.4) is 0 Å². The lowest BCUT2D eigenvalue weighted by Crippen LogP contribution is -2.44. The van der Waals surface area contributed by atoms with Gasteiger partial charge in [-0.05, 0) is 32.8 Å². The molecular weight excluding hydrogens is 232 g/mol. The van der Waals surface area contributed by atoms with E-state index < -0.39 is 0 Å². The van der Waals surface area contributed by atoms with Crippen molar-refractivity contribution in [1.82, 2.24) is 10.6 Å². The summed E-state index contributed by atoms with van der Waals surface area (Å²) in [4.78, 5) is 11.7. The van der Waals surface area contributed by atoms with E-state index in [9.17, 15) is 4.79 Å². The summed E-state index contributed by atoms with van der Waals surface area (Å²) in [7, 11) is 0. The fourth-order valence-corrected chi connectivity index (χ4v) is 2.11. The second-order valence-corrected chi connectivity index (χ2v) is 4.65. The molecule has 0 saturated carbocycles. The number of ether oxygens (including phenoxy) is 1. The molecule has 1 aromatic rings. The average Bonchev–Trinajstić information content (AvgIpc) is 2.66. The highest BCUT2D eigenvalue weighted by molar-refractivity contribution is 5.74. The third-order valence-electron chi connectivity index (χ3n) is 3.14. The molecule has 5 nitrogen and oxygen atoms in total. The number of urea groups is 1. The molecule has 0 aliphatic carbocycles. The first-order valence-corrected chi connectivity index (χ1v) is 6.33. The Morgan fingerprint density at radius 3 is 2.72 bits per heavy atom. The van der Waals surface area contributed by atoms with E-state index in [1.54, 1.807) is 0 Å². The van der Waals surface area contributed by atoms with E-state index >= 15 is 0 Å². The van der Waals surface area contributed by atoms with Crippen molar-refractivity contribution < 1.29 is 13.9 Å². The first kappa shape index (κ1) is 13.0. The van der Waals surface area contributed by atoms with Crippen LogP contribution in [0.25, 0.3) is 0 Å². The monoisotopic (exact) mass is 252 g/mol. The molecule has 1 aliphatic rings. The quantitative estimate of drug-likeness (QED) is 0.863. The van der Waals surface area contributed by atoms with E-state index in [2.05, 4.69) is 10.6 Å². The van der Waals surface area contributed by atoms with Crippen molar-refractivity contribution in [3.63, 3.8) is 0 Å². The van der Waals surface area contributed by atoms with Crippen LogP contribution in [0.5, 0.6) is 0 Å². The highest BCUT2D eigenvalue weighted by atomic mass is 16.5. The Kier molecular flexibility index (Phi) is 4.25. The van der Waals surface area contributed by atoms with E-state index in [0.717, 1.165) is 43.1 Å². The molecule has 1 saturated heterocycles. The first-order chi connectivity index (χ1) is 8.65. The third-order valence-corrected chi connectivity index (χ3v) is 3.14. The Hall–Kier alpha value is -1.49. The maximum absolute atomic E-state index is 11.7. The summed E-state index contributed by atoms with van der Waals surface area (Å²) in [5.74, 6) is 1.73. The van der Waals surface area contributed by atoms with Gasteiger partial charge in [-0.2, -0.15) is 0 Å². The molecule has 0 bridgehead atoms. The largest absolute Gasteiger partial charge is 0.466 e. The summed E-state index contributed by atoms with van der Waals surface area (Å²) in [5.41, 5.74) is 1.02. The molecule has 0 atom stereocenters. The van der Waals surface area contributed by atoms with Gasteiger partial charge in [0.1, 0.15) is 11.5 Å². The van der Waals surface area contributed by atoms with Crippen LogP contribution in [-0.2, 0) is 11.3 Å². The molecule has 2 heterocycles. The molecule has 100 valence electrons. The molecule has 2 rings (SSSR count). The summed E-state index contributed by atoms with van der Waals surface area (Å²) >= 11 is 0. The van der Waals surface area contributed by atoms with E-state index in [1.165, 1.54) is 0 Å². The standard InChI is InChI=1S/C13H20N2O3/c1-9-7-11(10(2)18-9)8-14-13(16)15-12-3-5-17-6-4-12/h7,12H,3-6,8H2,1-2H3,(H2,14,15,16). The van der Waals surface area contributed by atoms with E-state index in [-0.39, 0.29) is 12.1 Å². The average molecular weight is 252 g/mol. The van der Waals surface area contributed by atoms with Gasteiger partial charge in [0.2, 0.25) is 0 Å². The second-order valence-electron chi connectivity index (χ2n) is 4.65. The number of carbonyl (C=O) groups excluding carboxylic acids is 1. The number of amides is 2. The predicted molar refractivity (Wildman–Crippen MR) is 67.4 cm³/mol. The van der Waals surface area contributed by atoms with E-state index in [1.807, 2.05) is 19.9 Å². The zero-order valence-corrected chi connectivity index (χ0v) is 10.9. The lowest BCUT2D eigenvalue weighted by molar-refractivity contribution is 0.0801. The molecule has 0 unspecified atom stereocenters. The van der Waals surface area contributed by atoms with Gasteiger partial charge in [0, 0.05) is 31.4 Å². The molecule has 2 amide bonds. The van der Waals surface area contributed by atoms with Gasteiger partial charge < -0.3 is 19.8 Å². The Morgan fingerprint density at radius 1 is 1.39 bits per heavy atom. The summed E-state index contributed by atoms with van der Waals surface area (Å²) in [6.07, 6.45) is 1.77. The summed E-state index contributed by atoms with van der Waals surface area (Å²) < 4.78 is 10.7. The molecule has 0 radical (unpaired) electrons. The van der Waals surface area contributed by atoms with Gasteiger partial charge in [-0.1, -0.05) is 0 Å². The minimum absolute atomic E-state index is 0.125. The molecule has 0 spiro atoms. The summed E-state index contributed by atoms with van der Waals surface area (Å²) in [6.45, 7) is 5.76. The normalized spacial score (nSPS) is 16.6. The third kappa shape index (κ3) is 3.50. The Balaban J connectivity index is 1.75. The number of furan rings is 1. The minimum Gasteiger partial charge on any atom is -0.466 e. The van der Waals surface area contributed by atoms with Gasteiger partial charge in [-0.25, -0.2) is 4.79 Å². The van der Waals surface area contributed by atoms with Gasteiger partial charge in [0.25, 0.3) is 0 Å². The fraction of sp³-hybridized carbons (Fsp3) is 0.615. The smallest absolute Gasteiger partial charge is 0.315 e. The van der Waals surface area contributed by atoms with Crippen LogP contribution >= 0.6 is 0 Å². The Morgan fingerprint density at radius 2 is 2.11 bits per heavy atom. The molecule has 2 N–H and O–H groups in total. The van der Waals surface area contributed by atoms with Gasteiger partial charge in [0.15, 0.2) is 0 Å². The number of nitrogens with one attached hydrogen (secondary N) is 2. The molecule has 1 aromatic heterocycles. The van der Waals surface area contributed by atoms with Gasteiger partial charge in [0.05, 0.1) is 0 Å². The SMILES string of the molecule is Cc1cc(CNC(=O)NC2CCOCC2)c(C)o1. The zero-order valence-electron chi connectivity index (χ0n) is 10.9. The predicted octanol–water partition coefficient (Wildman–Crippen LogP) is 1.87. The molecular formula is C13H20N2O3. The fourth-order valence-electron chi connectivity index (χ4n) is 2.11. The van der Waals surface area contributed by atoms with Gasteiger partial charge >= 0.3 is 6.03 Å². The van der Waals surface area contributed by atoms with Gasteiger partial charge in [-0.15, -0.1) is 0 Å². The highest BCUT2D eigenvalue weighted by Gasteiger charge is 2.16. The number of hydrogen-bond donors (Lipinski definition) is 2. The number of aryl methyl sites for hydroxylation is 2. The van der Waals surface area contributed by atoms with E-state index in [4.69, 9.17) is 9.15 Å². The summed E-state index contributed by atoms with van der Waals surface area (Å²) in [6, 6.07) is 2.05. The first-order valence-electron chi connectivity index (χ1n) is 6.33. The van der Waals surface area contributed by atoms with Crippen molar-refractivity contribution in [2.24, 2.45) is 0 Å². The molecule has 1 aliphatic heterocycles. The number of rotatable bonds is 3. The van der Waals surface area contributed by atoms with Crippen LogP contribution in [-0.4, -0.2) is 25.3 Å². The van der Waals surface area contributed by atoms with Crippen LogP contribution in [0, 0.1) is 13.8 Å². The molecule has 0 aromatic carbocycles. The highest BCUT2D eigenvalue weighted by Crippen LogP contribution is 2.13. The second kappa shape index (κ2) is 5.91. The van der Waals surface area contributed by atoms with Crippen molar-refractivity contribution in [3.05, 3.63) is 23.2 Å². The van der Waals surface area contributed by atoms with Crippen LogP contribution in [0.4, 0.5) is 4.79 Å². The summed E-state index contributed by atoms with van der Waals surface area (Å²) in [5, 5.41) is 5.80. The maximum Gasteiger partial charge on any atom is 0.315 e. The Labute approximate surface area is 107 Å². The molecule has 18 heavy (non-hydrogen) atoms. The van der Waals surface area contributed by atoms with Crippen LogP contribution in [0.15, 0.2) is 10.5 Å². The minimum atomic E-state index is -0.125. The van der Waals surface area contributed by atoms with E-state index in [0.29, 0.717) is 6.54 Å². The van der Waals surface area contributed by atoms with Crippen molar-refractivity contribution in [3.8, 4) is 0 Å². The van der Waals surface area contributed by atoms with Crippen molar-refractivity contribution >= 4 is 6.03 Å². The maximum atomic E-state index is 11.7. The lowest BCUT2D eigenvalue weighted by Gasteiger charge is -2.23. The zero-order chi connectivity index (χ0) is 13.0. The van der Waals surface area contributed by atoms with Crippen LogP contribution in [0.1, 0.15) is 29.9 Å². The number of carbonyl (C=O) groups is 1. The molecule has 5 heteroatoms. The van der Waals surface area contributed by atoms with Crippen molar-refractivity contribution in [2.75, 3.05) is 13.2 Å². The lowest BCUT2D eigenvalue weighted by atomic mass is 10.1. The van der Waals surface area contributed by atoms with Crippen molar-refractivity contribution in [1.29, 1.82) is 0 Å². The topological polar surface area (TPSA) is 63.5 Å². The Bertz CT molecular complexity index is 408. The molecule has 1 fully saturated rings.